The maximum atomic E-state index is 11.8. The molecule has 16 heavy (non-hydrogen) atoms. The lowest BCUT2D eigenvalue weighted by atomic mass is 10.1. The summed E-state index contributed by atoms with van der Waals surface area (Å²) in [6.45, 7) is 3.88. The van der Waals surface area contributed by atoms with E-state index in [0.29, 0.717) is 10.6 Å². The van der Waals surface area contributed by atoms with E-state index >= 15 is 0 Å². The van der Waals surface area contributed by atoms with Gasteiger partial charge in [-0.25, -0.2) is 0 Å². The van der Waals surface area contributed by atoms with E-state index in [-0.39, 0.29) is 11.9 Å². The average Bonchev–Trinajstić information content (AvgIpc) is 2.22. The molecule has 1 aromatic rings. The Morgan fingerprint density at radius 3 is 2.81 bits per heavy atom. The van der Waals surface area contributed by atoms with Crippen molar-refractivity contribution in [3.8, 4) is 0 Å². The van der Waals surface area contributed by atoms with Gasteiger partial charge in [-0.15, -0.1) is 0 Å². The molecule has 0 spiro atoms. The highest BCUT2D eigenvalue weighted by Gasteiger charge is 2.09. The Kier molecular flexibility index (Phi) is 5.29. The third kappa shape index (κ3) is 3.80. The van der Waals surface area contributed by atoms with Crippen LogP contribution >= 0.6 is 27.5 Å². The van der Waals surface area contributed by atoms with Crippen molar-refractivity contribution in [2.75, 3.05) is 5.33 Å². The normalized spacial score (nSPS) is 12.2. The molecule has 0 saturated heterocycles. The standard InChI is InChI=1S/C12H15BrClNO/c1-8-7-10(3-4-11(8)14)12(16)15-9(2)5-6-13/h3-4,7,9H,5-6H2,1-2H3,(H,15,16). The smallest absolute Gasteiger partial charge is 0.251 e. The highest BCUT2D eigenvalue weighted by molar-refractivity contribution is 9.09. The molecule has 1 aromatic carbocycles. The fraction of sp³-hybridized carbons (Fsp3) is 0.417. The van der Waals surface area contributed by atoms with Crippen LogP contribution in [0, 0.1) is 6.92 Å². The SMILES string of the molecule is Cc1cc(C(=O)NC(C)CCBr)ccc1Cl. The molecule has 0 aromatic heterocycles. The molecule has 0 radical (unpaired) electrons. The minimum absolute atomic E-state index is 0.0479. The van der Waals surface area contributed by atoms with E-state index in [1.54, 1.807) is 18.2 Å². The van der Waals surface area contributed by atoms with Crippen LogP contribution in [0.4, 0.5) is 0 Å². The van der Waals surface area contributed by atoms with Gasteiger partial charge in [-0.05, 0) is 44.0 Å². The fourth-order valence-corrected chi connectivity index (χ4v) is 2.13. The van der Waals surface area contributed by atoms with Crippen molar-refractivity contribution in [1.29, 1.82) is 0 Å². The molecule has 1 atom stereocenters. The molecule has 0 aliphatic heterocycles. The van der Waals surface area contributed by atoms with Crippen molar-refractivity contribution in [2.24, 2.45) is 0 Å². The van der Waals surface area contributed by atoms with Crippen LogP contribution in [0.15, 0.2) is 18.2 Å². The molecule has 88 valence electrons. The zero-order valence-electron chi connectivity index (χ0n) is 9.39. The summed E-state index contributed by atoms with van der Waals surface area (Å²) in [4.78, 5) is 11.8. The molecule has 1 rings (SSSR count). The first-order valence-electron chi connectivity index (χ1n) is 5.17. The highest BCUT2D eigenvalue weighted by atomic mass is 79.9. The number of carbonyl (C=O) groups excluding carboxylic acids is 1. The second kappa shape index (κ2) is 6.26. The number of rotatable bonds is 4. The number of nitrogens with one attached hydrogen (secondary N) is 1. The predicted molar refractivity (Wildman–Crippen MR) is 71.5 cm³/mol. The van der Waals surface area contributed by atoms with Gasteiger partial charge in [-0.1, -0.05) is 27.5 Å². The summed E-state index contributed by atoms with van der Waals surface area (Å²) in [5.74, 6) is -0.0479. The first-order valence-corrected chi connectivity index (χ1v) is 6.67. The Labute approximate surface area is 110 Å². The predicted octanol–water partition coefficient (Wildman–Crippen LogP) is 3.55. The van der Waals surface area contributed by atoms with Crippen molar-refractivity contribution in [1.82, 2.24) is 5.32 Å². The van der Waals surface area contributed by atoms with E-state index < -0.39 is 0 Å². The molecular weight excluding hydrogens is 289 g/mol. The Balaban J connectivity index is 2.69. The third-order valence-corrected chi connectivity index (χ3v) is 3.22. The van der Waals surface area contributed by atoms with Crippen molar-refractivity contribution in [3.05, 3.63) is 34.3 Å². The number of alkyl halides is 1. The first-order chi connectivity index (χ1) is 7.54. The van der Waals surface area contributed by atoms with Gasteiger partial charge in [0.15, 0.2) is 0 Å². The van der Waals surface area contributed by atoms with Crippen molar-refractivity contribution < 1.29 is 4.79 Å². The molecular formula is C12H15BrClNO. The number of halogens is 2. The van der Waals surface area contributed by atoms with Gasteiger partial charge in [-0.2, -0.15) is 0 Å². The van der Waals surface area contributed by atoms with E-state index in [1.807, 2.05) is 13.8 Å². The minimum atomic E-state index is -0.0479. The van der Waals surface area contributed by atoms with Crippen LogP contribution in [0.25, 0.3) is 0 Å². The van der Waals surface area contributed by atoms with Gasteiger partial charge in [-0.3, -0.25) is 4.79 Å². The maximum absolute atomic E-state index is 11.8. The number of carbonyl (C=O) groups is 1. The van der Waals surface area contributed by atoms with Crippen LogP contribution in [0.1, 0.15) is 29.3 Å². The number of benzene rings is 1. The molecule has 4 heteroatoms. The molecule has 0 bridgehead atoms. The van der Waals surface area contributed by atoms with Gasteiger partial charge in [0.05, 0.1) is 0 Å². The molecule has 0 aliphatic rings. The number of amides is 1. The van der Waals surface area contributed by atoms with Crippen molar-refractivity contribution in [2.45, 2.75) is 26.3 Å². The molecule has 1 N–H and O–H groups in total. The third-order valence-electron chi connectivity index (χ3n) is 2.34. The van der Waals surface area contributed by atoms with Gasteiger partial charge >= 0.3 is 0 Å². The number of hydrogen-bond acceptors (Lipinski definition) is 1. The summed E-state index contributed by atoms with van der Waals surface area (Å²) in [6, 6.07) is 5.47. The number of hydrogen-bond donors (Lipinski definition) is 1. The summed E-state index contributed by atoms with van der Waals surface area (Å²) in [5.41, 5.74) is 1.57. The quantitative estimate of drug-likeness (QED) is 0.847. The van der Waals surface area contributed by atoms with E-state index in [0.717, 1.165) is 17.3 Å². The highest BCUT2D eigenvalue weighted by Crippen LogP contribution is 2.16. The van der Waals surface area contributed by atoms with Crippen LogP contribution in [0.2, 0.25) is 5.02 Å². The molecule has 1 amide bonds. The monoisotopic (exact) mass is 303 g/mol. The summed E-state index contributed by atoms with van der Waals surface area (Å²) < 4.78 is 0. The minimum Gasteiger partial charge on any atom is -0.350 e. The first kappa shape index (κ1) is 13.5. The summed E-state index contributed by atoms with van der Waals surface area (Å²) in [5, 5.41) is 4.50. The average molecular weight is 305 g/mol. The van der Waals surface area contributed by atoms with Gasteiger partial charge in [0.1, 0.15) is 0 Å². The van der Waals surface area contributed by atoms with Crippen LogP contribution in [-0.2, 0) is 0 Å². The topological polar surface area (TPSA) is 29.1 Å². The Morgan fingerprint density at radius 2 is 2.25 bits per heavy atom. The van der Waals surface area contributed by atoms with Gasteiger partial charge in [0, 0.05) is 22.0 Å². The van der Waals surface area contributed by atoms with Crippen LogP contribution in [-0.4, -0.2) is 17.3 Å². The van der Waals surface area contributed by atoms with E-state index in [2.05, 4.69) is 21.2 Å². The second-order valence-corrected chi connectivity index (χ2v) is 5.02. The zero-order chi connectivity index (χ0) is 12.1. The van der Waals surface area contributed by atoms with Crippen molar-refractivity contribution >= 4 is 33.4 Å². The van der Waals surface area contributed by atoms with E-state index in [9.17, 15) is 4.79 Å². The lowest BCUT2D eigenvalue weighted by molar-refractivity contribution is 0.0939. The van der Waals surface area contributed by atoms with Gasteiger partial charge in [0.2, 0.25) is 0 Å². The lowest BCUT2D eigenvalue weighted by Gasteiger charge is -2.12. The van der Waals surface area contributed by atoms with E-state index in [1.165, 1.54) is 0 Å². The molecule has 0 heterocycles. The molecule has 2 nitrogen and oxygen atoms in total. The Hall–Kier alpha value is -0.540. The molecule has 0 saturated carbocycles. The fourth-order valence-electron chi connectivity index (χ4n) is 1.33. The van der Waals surface area contributed by atoms with Crippen LogP contribution < -0.4 is 5.32 Å². The van der Waals surface area contributed by atoms with E-state index in [4.69, 9.17) is 11.6 Å². The summed E-state index contributed by atoms with van der Waals surface area (Å²) in [7, 11) is 0. The van der Waals surface area contributed by atoms with Crippen LogP contribution in [0.3, 0.4) is 0 Å². The lowest BCUT2D eigenvalue weighted by Crippen LogP contribution is -2.32. The molecule has 1 unspecified atom stereocenters. The van der Waals surface area contributed by atoms with Crippen molar-refractivity contribution in [3.63, 3.8) is 0 Å². The molecule has 0 fully saturated rings. The molecule has 0 aliphatic carbocycles. The maximum Gasteiger partial charge on any atom is 0.251 e. The van der Waals surface area contributed by atoms with Gasteiger partial charge in [0.25, 0.3) is 5.91 Å². The zero-order valence-corrected chi connectivity index (χ0v) is 11.7. The number of aryl methyl sites for hydroxylation is 1. The Bertz CT molecular complexity index is 381. The Morgan fingerprint density at radius 1 is 1.56 bits per heavy atom. The summed E-state index contributed by atoms with van der Waals surface area (Å²) in [6.07, 6.45) is 0.915. The van der Waals surface area contributed by atoms with Gasteiger partial charge < -0.3 is 5.32 Å². The second-order valence-electron chi connectivity index (χ2n) is 3.82. The largest absolute Gasteiger partial charge is 0.350 e. The van der Waals surface area contributed by atoms with Crippen LogP contribution in [0.5, 0.6) is 0 Å². The summed E-state index contributed by atoms with van der Waals surface area (Å²) >= 11 is 9.25.